The molecule has 0 fully saturated rings. The molecule has 5 rings (SSSR count). The third kappa shape index (κ3) is 25.1. The molecule has 0 bridgehead atoms. The van der Waals surface area contributed by atoms with E-state index >= 15 is 0 Å². The number of hydroxylamine groups is 4. The van der Waals surface area contributed by atoms with Crippen LogP contribution in [0.1, 0.15) is 198 Å². The second kappa shape index (κ2) is 39.6. The number of ether oxygens (including phenoxy) is 2. The Balaban J connectivity index is 0.000000527. The molecule has 0 aliphatic heterocycles. The largest absolute Gasteiger partial charge is 0.458 e. The standard InChI is InChI=1S/C33H47F5NO6P.C22H40NO4P.C11H7F5O2.C8H8/c1-11-21(22-17-15-14-16-18-22)19-33(10,30(40)42-20-23-24(34)26(36)28(38)27(37)25(23)35)45-39(32(7,8)9)29(31(4,5)6)46(41,43-12-2)44-13-3;1-10-19(18-16-14-13-15-17-18)27-23(22(7,8)9)20(21(4,5)6)28(24,25-11-2)26-12-3;1-4(2)11(17)18-3-5-6(12)8(14)10(16)9(15)7(5)13;1-2-8-6-4-3-5-7-8/h14-18,21,29H,11-13,19-20H2,1-10H3;13-17,19-20H,10-12H2,1-9H3;1,3H2,2H3;2-7H,1H2. The summed E-state index contributed by atoms with van der Waals surface area (Å²) in [6, 6.07) is 29.4. The van der Waals surface area contributed by atoms with Gasteiger partial charge in [-0.05, 0) is 136 Å². The minimum absolute atomic E-state index is 0.0412. The number of carbonyl (C=O) groups is 2. The van der Waals surface area contributed by atoms with Crippen molar-refractivity contribution in [2.45, 2.75) is 211 Å². The smallest absolute Gasteiger partial charge is 0.350 e. The molecule has 560 valence electrons. The molecule has 14 nitrogen and oxygen atoms in total. The van der Waals surface area contributed by atoms with E-state index in [1.807, 2.05) is 152 Å². The normalized spacial score (nSPS) is 14.0. The van der Waals surface area contributed by atoms with Gasteiger partial charge in [-0.2, -0.15) is 10.1 Å². The summed E-state index contributed by atoms with van der Waals surface area (Å²) in [5, 5.41) is 3.25. The maximum absolute atomic E-state index is 14.5. The first-order valence-electron chi connectivity index (χ1n) is 32.8. The van der Waals surface area contributed by atoms with Crippen molar-refractivity contribution in [3.63, 3.8) is 0 Å². The Morgan fingerprint density at radius 2 is 0.810 bits per heavy atom. The maximum atomic E-state index is 14.5. The summed E-state index contributed by atoms with van der Waals surface area (Å²) in [5.41, 5.74) is -4.01. The number of benzene rings is 5. The highest BCUT2D eigenvalue weighted by Gasteiger charge is 2.55. The van der Waals surface area contributed by atoms with Gasteiger partial charge >= 0.3 is 27.1 Å². The number of nitrogens with zero attached hydrogens (tertiary/aromatic N) is 2. The minimum Gasteiger partial charge on any atom is -0.458 e. The van der Waals surface area contributed by atoms with Crippen LogP contribution >= 0.6 is 15.2 Å². The van der Waals surface area contributed by atoms with Gasteiger partial charge in [0.25, 0.3) is 0 Å². The topological polar surface area (TPSA) is 149 Å². The molecule has 5 atom stereocenters. The molecule has 0 N–H and O–H groups in total. The lowest BCUT2D eigenvalue weighted by Crippen LogP contribution is -2.58. The van der Waals surface area contributed by atoms with Crippen molar-refractivity contribution in [3.05, 3.63) is 196 Å². The van der Waals surface area contributed by atoms with Crippen LogP contribution in [0, 0.1) is 69.0 Å². The lowest BCUT2D eigenvalue weighted by atomic mass is 9.85. The van der Waals surface area contributed by atoms with Gasteiger partial charge in [-0.3, -0.25) is 18.8 Å². The predicted molar refractivity (Wildman–Crippen MR) is 369 cm³/mol. The van der Waals surface area contributed by atoms with E-state index in [2.05, 4.69) is 57.7 Å². The monoisotopic (exact) mass is 1460 g/mol. The molecule has 5 aromatic rings. The van der Waals surface area contributed by atoms with Gasteiger partial charge in [0.15, 0.2) is 52.1 Å². The second-order valence-electron chi connectivity index (χ2n) is 27.3. The summed E-state index contributed by atoms with van der Waals surface area (Å²) in [6.45, 7) is 42.0. The van der Waals surface area contributed by atoms with Crippen LogP contribution in [0.25, 0.3) is 6.08 Å². The van der Waals surface area contributed by atoms with Gasteiger partial charge in [-0.15, -0.1) is 0 Å². The van der Waals surface area contributed by atoms with Gasteiger partial charge < -0.3 is 27.6 Å². The Morgan fingerprint density at radius 1 is 0.480 bits per heavy atom. The van der Waals surface area contributed by atoms with Crippen molar-refractivity contribution in [3.8, 4) is 0 Å². The average molecular weight is 1460 g/mol. The minimum atomic E-state index is -3.98. The molecule has 0 aromatic heterocycles. The van der Waals surface area contributed by atoms with Gasteiger partial charge in [0.1, 0.15) is 30.9 Å². The molecule has 0 radical (unpaired) electrons. The van der Waals surface area contributed by atoms with Gasteiger partial charge in [-0.25, -0.2) is 53.5 Å². The van der Waals surface area contributed by atoms with E-state index in [9.17, 15) is 62.6 Å². The quantitative estimate of drug-likeness (QED) is 0.00850. The number of hydrogen-bond acceptors (Lipinski definition) is 14. The number of halogens is 10. The molecule has 0 amide bonds. The SMILES string of the molecule is C=C(C)C(=O)OCc1c(F)c(F)c(F)c(F)c1F.C=Cc1ccccc1.CCOP(=O)(OCC)C(N(OC(C)(CC(CC)c1ccccc1)C(=O)OCc1c(F)c(F)c(F)c(F)c1F)C(C)(C)C)C(C)(C)C.CCOP(=O)(OCC)C(N(OC(CC)c1ccccc1)C(C)(C)C)C(C)(C)C. The molecule has 0 saturated carbocycles. The first-order valence-corrected chi connectivity index (χ1v) is 36.0. The highest BCUT2D eigenvalue weighted by atomic mass is 31.2. The van der Waals surface area contributed by atoms with E-state index in [0.29, 0.717) is 19.6 Å². The first kappa shape index (κ1) is 90.0. The zero-order chi connectivity index (χ0) is 76.7. The van der Waals surface area contributed by atoms with Crippen molar-refractivity contribution < 1.29 is 99.9 Å². The second-order valence-corrected chi connectivity index (χ2v) is 31.5. The van der Waals surface area contributed by atoms with Crippen LogP contribution in [0.3, 0.4) is 0 Å². The maximum Gasteiger partial charge on any atom is 0.350 e. The molecule has 26 heteroatoms. The van der Waals surface area contributed by atoms with Gasteiger partial charge in [-0.1, -0.05) is 166 Å². The van der Waals surface area contributed by atoms with E-state index in [1.165, 1.54) is 24.5 Å². The lowest BCUT2D eigenvalue weighted by molar-refractivity contribution is -0.299. The van der Waals surface area contributed by atoms with Gasteiger partial charge in [0.2, 0.25) is 11.6 Å². The fourth-order valence-electron chi connectivity index (χ4n) is 10.1. The Bertz CT molecular complexity index is 3450. The summed E-state index contributed by atoms with van der Waals surface area (Å²) in [5.74, 6) is -25.5. The van der Waals surface area contributed by atoms with Crippen LogP contribution < -0.4 is 0 Å². The van der Waals surface area contributed by atoms with Crippen LogP contribution in [0.15, 0.2) is 110 Å². The number of esters is 2. The molecular weight excluding hydrogens is 1360 g/mol. The molecule has 100 heavy (non-hydrogen) atoms. The van der Waals surface area contributed by atoms with Gasteiger partial charge in [0, 0.05) is 16.7 Å². The summed E-state index contributed by atoms with van der Waals surface area (Å²) < 4.78 is 196. The molecule has 5 unspecified atom stereocenters. The third-order valence-corrected chi connectivity index (χ3v) is 20.4. The zero-order valence-corrected chi connectivity index (χ0v) is 63.1. The predicted octanol–water partition coefficient (Wildman–Crippen LogP) is 21.6. The lowest BCUT2D eigenvalue weighted by Gasteiger charge is -2.50. The summed E-state index contributed by atoms with van der Waals surface area (Å²) in [4.78, 5) is 38.1. The molecule has 0 aliphatic carbocycles. The highest BCUT2D eigenvalue weighted by molar-refractivity contribution is 7.55. The fraction of sp³-hybridized carbons (Fsp3) is 0.514. The zero-order valence-electron chi connectivity index (χ0n) is 61.3. The summed E-state index contributed by atoms with van der Waals surface area (Å²) >= 11 is 0. The summed E-state index contributed by atoms with van der Waals surface area (Å²) in [7, 11) is -7.44. The molecule has 5 aromatic carbocycles. The highest BCUT2D eigenvalue weighted by Crippen LogP contribution is 2.63. The Labute approximate surface area is 585 Å². The number of rotatable bonds is 29. The Hall–Kier alpha value is -6.04. The number of hydrogen-bond donors (Lipinski definition) is 0. The van der Waals surface area contributed by atoms with E-state index < -0.39 is 149 Å². The van der Waals surface area contributed by atoms with Crippen molar-refractivity contribution >= 4 is 33.2 Å². The van der Waals surface area contributed by atoms with E-state index in [0.717, 1.165) is 17.5 Å². The van der Waals surface area contributed by atoms with Crippen molar-refractivity contribution in [1.29, 1.82) is 0 Å². The van der Waals surface area contributed by atoms with Crippen LogP contribution in [0.4, 0.5) is 43.9 Å². The van der Waals surface area contributed by atoms with Crippen molar-refractivity contribution in [2.24, 2.45) is 10.8 Å². The van der Waals surface area contributed by atoms with Crippen molar-refractivity contribution in [1.82, 2.24) is 10.1 Å². The third-order valence-electron chi connectivity index (χ3n) is 14.7. The average Bonchev–Trinajstić information content (AvgIpc) is 0.769. The molecule has 0 aliphatic rings. The summed E-state index contributed by atoms with van der Waals surface area (Å²) in [6.07, 6.45) is 2.96. The molecule has 0 heterocycles. The van der Waals surface area contributed by atoms with Crippen LogP contribution in [-0.4, -0.2) is 76.7 Å². The molecule has 0 saturated heterocycles. The van der Waals surface area contributed by atoms with E-state index in [1.54, 1.807) is 34.6 Å². The Morgan fingerprint density at radius 3 is 1.11 bits per heavy atom. The van der Waals surface area contributed by atoms with Crippen LogP contribution in [0.5, 0.6) is 0 Å². The number of carbonyl (C=O) groups excluding carboxylic acids is 2. The first-order chi connectivity index (χ1) is 46.3. The molecule has 0 spiro atoms. The van der Waals surface area contributed by atoms with Crippen LogP contribution in [-0.2, 0) is 69.2 Å². The van der Waals surface area contributed by atoms with Crippen molar-refractivity contribution in [2.75, 3.05) is 26.4 Å². The Kier molecular flexibility index (Phi) is 35.6. The van der Waals surface area contributed by atoms with Gasteiger partial charge in [0.05, 0.1) is 37.6 Å². The van der Waals surface area contributed by atoms with E-state index in [4.69, 9.17) is 32.5 Å². The van der Waals surface area contributed by atoms with E-state index in [-0.39, 0.29) is 37.2 Å². The fourth-order valence-corrected chi connectivity index (χ4v) is 15.4. The molecular formula is C74H102F10N2O12P2. The van der Waals surface area contributed by atoms with Crippen LogP contribution in [0.2, 0.25) is 0 Å².